The first-order valence-corrected chi connectivity index (χ1v) is 11.5. The maximum Gasteiger partial charge on any atom is 0.253 e. The summed E-state index contributed by atoms with van der Waals surface area (Å²) in [6.07, 6.45) is 4.36. The third-order valence-corrected chi connectivity index (χ3v) is 6.78. The van der Waals surface area contributed by atoms with Crippen molar-refractivity contribution in [3.63, 3.8) is 0 Å². The van der Waals surface area contributed by atoms with Crippen molar-refractivity contribution in [3.8, 4) is 0 Å². The third kappa shape index (κ3) is 6.45. The zero-order valence-corrected chi connectivity index (χ0v) is 20.0. The molecule has 6 heteroatoms. The molecule has 156 valence electrons. The molecule has 0 bridgehead atoms. The second-order valence-corrected chi connectivity index (χ2v) is 9.75. The summed E-state index contributed by atoms with van der Waals surface area (Å²) in [5.41, 5.74) is 3.07. The number of carbonyl (C=O) groups is 1. The number of likely N-dealkylation sites (tertiary alicyclic amines) is 1. The Morgan fingerprint density at radius 2 is 1.83 bits per heavy atom. The van der Waals surface area contributed by atoms with Crippen LogP contribution in [-0.4, -0.2) is 49.4 Å². The minimum Gasteiger partial charge on any atom is -0.345 e. The molecule has 1 saturated heterocycles. The molecule has 0 aromatic heterocycles. The lowest BCUT2D eigenvalue weighted by Gasteiger charge is -2.32. The number of piperidine rings is 1. The van der Waals surface area contributed by atoms with E-state index < -0.39 is 0 Å². The minimum absolute atomic E-state index is 0.0123. The molecule has 0 atom stereocenters. The van der Waals surface area contributed by atoms with Gasteiger partial charge in [-0.1, -0.05) is 39.1 Å². The van der Waals surface area contributed by atoms with E-state index in [0.29, 0.717) is 16.5 Å². The summed E-state index contributed by atoms with van der Waals surface area (Å²) in [4.78, 5) is 16.3. The standard InChI is InChI=1S/C23H27BrCl2N2O/c1-27(2)23(29)19-12-17(13-21(26)15-19)7-10-28-8-5-16(6-9-28)11-18-14-20(25)3-4-22(18)24/h3-4,12-16H,5-11H2,1-2H3. The van der Waals surface area contributed by atoms with Crippen LogP contribution in [0.1, 0.15) is 34.3 Å². The predicted molar refractivity (Wildman–Crippen MR) is 125 cm³/mol. The first-order valence-electron chi connectivity index (χ1n) is 9.99. The average Bonchev–Trinajstić information content (AvgIpc) is 2.69. The molecular formula is C23H27BrCl2N2O. The van der Waals surface area contributed by atoms with Crippen LogP contribution in [-0.2, 0) is 12.8 Å². The first-order chi connectivity index (χ1) is 13.8. The summed E-state index contributed by atoms with van der Waals surface area (Å²) >= 11 is 16.0. The van der Waals surface area contributed by atoms with E-state index in [1.165, 1.54) is 18.4 Å². The highest BCUT2D eigenvalue weighted by atomic mass is 79.9. The van der Waals surface area contributed by atoms with E-state index in [1.807, 2.05) is 24.3 Å². The highest BCUT2D eigenvalue weighted by Gasteiger charge is 2.20. The van der Waals surface area contributed by atoms with Gasteiger partial charge in [-0.25, -0.2) is 0 Å². The second kappa shape index (κ2) is 10.3. The molecule has 2 aromatic carbocycles. The summed E-state index contributed by atoms with van der Waals surface area (Å²) < 4.78 is 1.15. The Morgan fingerprint density at radius 1 is 1.10 bits per heavy atom. The topological polar surface area (TPSA) is 23.6 Å². The molecule has 1 aliphatic heterocycles. The number of nitrogens with zero attached hydrogens (tertiary/aromatic N) is 2. The van der Waals surface area contributed by atoms with Gasteiger partial charge in [-0.15, -0.1) is 0 Å². The van der Waals surface area contributed by atoms with Crippen molar-refractivity contribution in [1.29, 1.82) is 0 Å². The maximum atomic E-state index is 12.2. The van der Waals surface area contributed by atoms with Crippen LogP contribution in [0.25, 0.3) is 0 Å². The van der Waals surface area contributed by atoms with Gasteiger partial charge in [0.2, 0.25) is 0 Å². The first kappa shape index (κ1) is 22.6. The van der Waals surface area contributed by atoms with Gasteiger partial charge in [0.05, 0.1) is 0 Å². The molecule has 1 aliphatic rings. The molecule has 1 amide bonds. The Kier molecular flexibility index (Phi) is 8.03. The number of benzene rings is 2. The smallest absolute Gasteiger partial charge is 0.253 e. The molecule has 0 aliphatic carbocycles. The summed E-state index contributed by atoms with van der Waals surface area (Å²) in [5, 5.41) is 1.42. The van der Waals surface area contributed by atoms with Crippen LogP contribution in [0.3, 0.4) is 0 Å². The van der Waals surface area contributed by atoms with Crippen LogP contribution in [0.4, 0.5) is 0 Å². The number of hydrogen-bond acceptors (Lipinski definition) is 2. The van der Waals surface area contributed by atoms with Crippen molar-refractivity contribution < 1.29 is 4.79 Å². The normalized spacial score (nSPS) is 15.5. The second-order valence-electron chi connectivity index (χ2n) is 8.02. The Labute approximate surface area is 192 Å². The van der Waals surface area contributed by atoms with Crippen LogP contribution < -0.4 is 0 Å². The van der Waals surface area contributed by atoms with Crippen molar-refractivity contribution in [1.82, 2.24) is 9.80 Å². The molecule has 1 heterocycles. The van der Waals surface area contributed by atoms with Crippen molar-refractivity contribution >= 4 is 45.0 Å². The Bertz CT molecular complexity index is 864. The minimum atomic E-state index is -0.0123. The number of rotatable bonds is 6. The largest absolute Gasteiger partial charge is 0.345 e. The van der Waals surface area contributed by atoms with E-state index in [2.05, 4.69) is 26.9 Å². The van der Waals surface area contributed by atoms with Gasteiger partial charge in [0.15, 0.2) is 0 Å². The molecule has 29 heavy (non-hydrogen) atoms. The monoisotopic (exact) mass is 496 g/mol. The van der Waals surface area contributed by atoms with Crippen molar-refractivity contribution in [2.45, 2.75) is 25.7 Å². The van der Waals surface area contributed by atoms with E-state index in [9.17, 15) is 4.79 Å². The van der Waals surface area contributed by atoms with Crippen LogP contribution >= 0.6 is 39.1 Å². The van der Waals surface area contributed by atoms with Crippen molar-refractivity contribution in [3.05, 3.63) is 67.6 Å². The molecule has 0 N–H and O–H groups in total. The molecule has 3 nitrogen and oxygen atoms in total. The highest BCUT2D eigenvalue weighted by molar-refractivity contribution is 9.10. The highest BCUT2D eigenvalue weighted by Crippen LogP contribution is 2.28. The van der Waals surface area contributed by atoms with Gasteiger partial charge >= 0.3 is 0 Å². The van der Waals surface area contributed by atoms with Gasteiger partial charge in [0.25, 0.3) is 5.91 Å². The summed E-state index contributed by atoms with van der Waals surface area (Å²) in [6, 6.07) is 11.7. The molecule has 0 unspecified atom stereocenters. The number of carbonyl (C=O) groups excluding carboxylic acids is 1. The number of halogens is 3. The lowest BCUT2D eigenvalue weighted by molar-refractivity contribution is 0.0827. The Balaban J connectivity index is 1.51. The predicted octanol–water partition coefficient (Wildman–Crippen LogP) is 5.95. The van der Waals surface area contributed by atoms with Crippen molar-refractivity contribution in [2.75, 3.05) is 33.7 Å². The lowest BCUT2D eigenvalue weighted by atomic mass is 9.90. The molecule has 2 aromatic rings. The third-order valence-electron chi connectivity index (χ3n) is 5.55. The van der Waals surface area contributed by atoms with Crippen LogP contribution in [0.2, 0.25) is 10.0 Å². The number of amides is 1. The maximum absolute atomic E-state index is 12.2. The average molecular weight is 498 g/mol. The van der Waals surface area contributed by atoms with Gasteiger partial charge in [0.1, 0.15) is 0 Å². The fourth-order valence-electron chi connectivity index (χ4n) is 3.89. The molecule has 0 spiro atoms. The fraction of sp³-hybridized carbons (Fsp3) is 0.435. The van der Waals surface area contributed by atoms with Crippen LogP contribution in [0.15, 0.2) is 40.9 Å². The zero-order valence-electron chi connectivity index (χ0n) is 16.9. The Morgan fingerprint density at radius 3 is 2.52 bits per heavy atom. The SMILES string of the molecule is CN(C)C(=O)c1cc(Cl)cc(CCN2CCC(Cc3cc(Cl)ccc3Br)CC2)c1. The van der Waals surface area contributed by atoms with Gasteiger partial charge in [0, 0.05) is 40.7 Å². The molecule has 3 rings (SSSR count). The van der Waals surface area contributed by atoms with Gasteiger partial charge in [-0.05, 0) is 92.2 Å². The lowest BCUT2D eigenvalue weighted by Crippen LogP contribution is -2.35. The summed E-state index contributed by atoms with van der Waals surface area (Å²) in [6.45, 7) is 3.20. The number of hydrogen-bond donors (Lipinski definition) is 0. The van der Waals surface area contributed by atoms with E-state index in [0.717, 1.165) is 47.5 Å². The van der Waals surface area contributed by atoms with E-state index >= 15 is 0 Å². The van der Waals surface area contributed by atoms with Crippen molar-refractivity contribution in [2.24, 2.45) is 5.92 Å². The van der Waals surface area contributed by atoms with E-state index in [4.69, 9.17) is 23.2 Å². The zero-order chi connectivity index (χ0) is 21.0. The summed E-state index contributed by atoms with van der Waals surface area (Å²) in [7, 11) is 3.52. The van der Waals surface area contributed by atoms with E-state index in [-0.39, 0.29) is 5.91 Å². The molecule has 1 fully saturated rings. The fourth-order valence-corrected chi connectivity index (χ4v) is 4.75. The van der Waals surface area contributed by atoms with Gasteiger partial charge in [-0.2, -0.15) is 0 Å². The van der Waals surface area contributed by atoms with Crippen LogP contribution in [0, 0.1) is 5.92 Å². The Hall–Kier alpha value is -1.07. The summed E-state index contributed by atoms with van der Waals surface area (Å²) in [5.74, 6) is 0.679. The van der Waals surface area contributed by atoms with Gasteiger partial charge < -0.3 is 9.80 Å². The molecular weight excluding hydrogens is 471 g/mol. The van der Waals surface area contributed by atoms with Crippen LogP contribution in [0.5, 0.6) is 0 Å². The molecule has 0 radical (unpaired) electrons. The van der Waals surface area contributed by atoms with Gasteiger partial charge in [-0.3, -0.25) is 4.79 Å². The molecule has 0 saturated carbocycles. The quantitative estimate of drug-likeness (QED) is 0.491. The van der Waals surface area contributed by atoms with E-state index in [1.54, 1.807) is 25.1 Å².